The average molecular weight is 754 g/mol. The molecule has 294 valence electrons. The van der Waals surface area contributed by atoms with Crippen LogP contribution < -0.4 is 11.1 Å². The van der Waals surface area contributed by atoms with Crippen molar-refractivity contribution in [2.24, 2.45) is 11.7 Å². The number of ketones is 1. The summed E-state index contributed by atoms with van der Waals surface area (Å²) in [6, 6.07) is 16.4. The van der Waals surface area contributed by atoms with E-state index in [1.807, 2.05) is 60.7 Å². The van der Waals surface area contributed by atoms with E-state index in [9.17, 15) is 19.5 Å². The highest BCUT2D eigenvalue weighted by Crippen LogP contribution is 2.39. The van der Waals surface area contributed by atoms with Crippen LogP contribution in [0.4, 0.5) is 4.79 Å². The van der Waals surface area contributed by atoms with Gasteiger partial charge in [-0.3, -0.25) is 14.4 Å². The second kappa shape index (κ2) is 19.1. The van der Waals surface area contributed by atoms with Crippen LogP contribution in [0.25, 0.3) is 0 Å². The van der Waals surface area contributed by atoms with Crippen LogP contribution in [0, 0.1) is 5.92 Å². The summed E-state index contributed by atoms with van der Waals surface area (Å²) in [5.41, 5.74) is 6.82. The fourth-order valence-corrected chi connectivity index (χ4v) is 8.22. The first-order valence-electron chi connectivity index (χ1n) is 18.9. The Balaban J connectivity index is 2.22. The molecule has 0 bridgehead atoms. The molecule has 1 aliphatic carbocycles. The molecular weight excluding hydrogens is 691 g/mol. The highest BCUT2D eigenvalue weighted by molar-refractivity contribution is 6.74. The lowest BCUT2D eigenvalue weighted by Gasteiger charge is -2.43. The maximum Gasteiger partial charge on any atom is 0.407 e. The van der Waals surface area contributed by atoms with Crippen LogP contribution in [0.5, 0.6) is 0 Å². The molecule has 5 atom stereocenters. The third-order valence-electron chi connectivity index (χ3n) is 10.5. The number of aliphatic carboxylic acids is 1. The summed E-state index contributed by atoms with van der Waals surface area (Å²) in [7, 11) is -1.29. The van der Waals surface area contributed by atoms with Crippen LogP contribution in [0.15, 0.2) is 60.7 Å². The van der Waals surface area contributed by atoms with Gasteiger partial charge in [-0.2, -0.15) is 0 Å². The standard InChI is InChI=1S/C41H63N3O8Si/c1-40(2,3)51-39(49)43-32(26-29-21-15-11-16-22-29)33(52-53(8,9)41(4,5)6)27-30(25-28-19-13-10-14-20-28)35(45)34(38(47)48)44(37(50-7)36(42)46)31-23-17-12-18-24-31/h10-11,13-16,19-22,30-34,37H,12,17-18,23-27H2,1-9H3,(H2,42,46)(H,43,49)(H,47,48)/t30?,32-,33-,34?,37+/m0/s1. The fraction of sp³-hybridized carbons (Fsp3) is 0.610. The summed E-state index contributed by atoms with van der Waals surface area (Å²) in [6.45, 7) is 16.0. The summed E-state index contributed by atoms with van der Waals surface area (Å²) in [4.78, 5) is 56.2. The van der Waals surface area contributed by atoms with Gasteiger partial charge in [0.1, 0.15) is 5.60 Å². The van der Waals surface area contributed by atoms with Crippen LogP contribution in [0.1, 0.15) is 91.2 Å². The molecule has 0 spiro atoms. The summed E-state index contributed by atoms with van der Waals surface area (Å²) < 4.78 is 18.4. The van der Waals surface area contributed by atoms with Gasteiger partial charge >= 0.3 is 12.1 Å². The molecule has 11 nitrogen and oxygen atoms in total. The molecule has 0 radical (unpaired) electrons. The van der Waals surface area contributed by atoms with Crippen LogP contribution in [-0.4, -0.2) is 85.2 Å². The van der Waals surface area contributed by atoms with Gasteiger partial charge in [-0.15, -0.1) is 0 Å². The molecule has 3 rings (SSSR count). The van der Waals surface area contributed by atoms with Gasteiger partial charge in [-0.25, -0.2) is 9.69 Å². The minimum atomic E-state index is -2.59. The van der Waals surface area contributed by atoms with Gasteiger partial charge in [-0.1, -0.05) is 101 Å². The number of ether oxygens (including phenoxy) is 2. The predicted octanol–water partition coefficient (Wildman–Crippen LogP) is 6.88. The van der Waals surface area contributed by atoms with Crippen molar-refractivity contribution in [2.75, 3.05) is 7.11 Å². The van der Waals surface area contributed by atoms with E-state index in [0.717, 1.165) is 30.4 Å². The highest BCUT2D eigenvalue weighted by Gasteiger charge is 2.48. The zero-order valence-electron chi connectivity index (χ0n) is 33.2. The van der Waals surface area contributed by atoms with Gasteiger partial charge in [0.25, 0.3) is 5.91 Å². The Labute approximate surface area is 317 Å². The second-order valence-electron chi connectivity index (χ2n) is 16.9. The number of carbonyl (C=O) groups is 4. The summed E-state index contributed by atoms with van der Waals surface area (Å²) >= 11 is 0. The number of carboxylic acids is 1. The Morgan fingerprint density at radius 3 is 1.87 bits per heavy atom. The molecule has 0 saturated heterocycles. The molecule has 1 aliphatic rings. The highest BCUT2D eigenvalue weighted by atomic mass is 28.4. The second-order valence-corrected chi connectivity index (χ2v) is 21.6. The number of nitrogens with one attached hydrogen (secondary N) is 1. The lowest BCUT2D eigenvalue weighted by Crippen LogP contribution is -2.62. The molecule has 1 fully saturated rings. The first-order valence-corrected chi connectivity index (χ1v) is 21.8. The minimum Gasteiger partial charge on any atom is -0.480 e. The normalized spacial score (nSPS) is 17.3. The Hall–Kier alpha value is -3.58. The number of hydrogen-bond donors (Lipinski definition) is 3. The maximum atomic E-state index is 15.1. The monoisotopic (exact) mass is 753 g/mol. The van der Waals surface area contributed by atoms with Crippen molar-refractivity contribution in [3.05, 3.63) is 71.8 Å². The zero-order chi connectivity index (χ0) is 39.6. The van der Waals surface area contributed by atoms with Gasteiger partial charge < -0.3 is 30.1 Å². The molecule has 2 unspecified atom stereocenters. The van der Waals surface area contributed by atoms with E-state index < -0.39 is 74.0 Å². The molecule has 2 aromatic rings. The van der Waals surface area contributed by atoms with Crippen LogP contribution in [-0.2, 0) is 41.1 Å². The smallest absolute Gasteiger partial charge is 0.407 e. The first-order chi connectivity index (χ1) is 24.7. The predicted molar refractivity (Wildman–Crippen MR) is 209 cm³/mol. The number of carbonyl (C=O) groups excluding carboxylic acids is 3. The zero-order valence-corrected chi connectivity index (χ0v) is 34.2. The molecule has 2 amide bonds. The largest absolute Gasteiger partial charge is 0.480 e. The van der Waals surface area contributed by atoms with Crippen molar-refractivity contribution in [3.8, 4) is 0 Å². The lowest BCUT2D eigenvalue weighted by molar-refractivity contribution is -0.167. The quantitative estimate of drug-likeness (QED) is 0.0839. The number of amides is 2. The van der Waals surface area contributed by atoms with Crippen molar-refractivity contribution in [1.29, 1.82) is 0 Å². The number of primary amides is 1. The van der Waals surface area contributed by atoms with E-state index >= 15 is 4.79 Å². The third kappa shape index (κ3) is 13.0. The van der Waals surface area contributed by atoms with Gasteiger partial charge in [-0.05, 0) is 82.1 Å². The van der Waals surface area contributed by atoms with E-state index in [2.05, 4.69) is 39.2 Å². The molecule has 0 aliphatic heterocycles. The van der Waals surface area contributed by atoms with Gasteiger partial charge in [0.2, 0.25) is 0 Å². The molecule has 0 aromatic heterocycles. The van der Waals surface area contributed by atoms with E-state index in [-0.39, 0.29) is 17.9 Å². The Bertz CT molecular complexity index is 1490. The molecule has 4 N–H and O–H groups in total. The van der Waals surface area contributed by atoms with Crippen molar-refractivity contribution in [1.82, 2.24) is 10.2 Å². The Morgan fingerprint density at radius 2 is 1.42 bits per heavy atom. The van der Waals surface area contributed by atoms with Crippen LogP contribution in [0.2, 0.25) is 18.1 Å². The Morgan fingerprint density at radius 1 is 0.887 bits per heavy atom. The van der Waals surface area contributed by atoms with Crippen molar-refractivity contribution in [3.63, 3.8) is 0 Å². The van der Waals surface area contributed by atoms with Gasteiger partial charge in [0, 0.05) is 19.1 Å². The number of rotatable bonds is 18. The van der Waals surface area contributed by atoms with E-state index in [1.54, 1.807) is 20.8 Å². The lowest BCUT2D eigenvalue weighted by atomic mass is 9.83. The summed E-state index contributed by atoms with van der Waals surface area (Å²) in [5.74, 6) is -3.71. The van der Waals surface area contributed by atoms with Crippen molar-refractivity contribution >= 4 is 32.1 Å². The molecule has 0 heterocycles. The maximum absolute atomic E-state index is 15.1. The number of nitrogens with zero attached hydrogens (tertiary/aromatic N) is 1. The molecule has 1 saturated carbocycles. The number of hydrogen-bond acceptors (Lipinski definition) is 8. The van der Waals surface area contributed by atoms with Crippen molar-refractivity contribution < 1.29 is 38.2 Å². The number of nitrogens with two attached hydrogens (primary N) is 1. The number of methoxy groups -OCH3 is 1. The van der Waals surface area contributed by atoms with Crippen LogP contribution >= 0.6 is 0 Å². The first kappa shape index (κ1) is 43.8. The molecule has 2 aromatic carbocycles. The summed E-state index contributed by atoms with van der Waals surface area (Å²) in [6.07, 6.45) is 1.72. The number of alkyl carbamates (subject to hydrolysis) is 1. The van der Waals surface area contributed by atoms with Crippen molar-refractivity contribution in [2.45, 2.75) is 147 Å². The fourth-order valence-electron chi connectivity index (χ4n) is 6.85. The van der Waals surface area contributed by atoms with E-state index in [1.165, 1.54) is 12.0 Å². The molecular formula is C41H63N3O8Si. The number of Topliss-reactive ketones (excluding diaryl/α,β-unsaturated/α-hetero) is 1. The molecule has 53 heavy (non-hydrogen) atoms. The number of benzene rings is 2. The minimum absolute atomic E-state index is 0.0873. The number of carboxylic acid groups (broad SMARTS) is 1. The average Bonchev–Trinajstić information content (AvgIpc) is 3.06. The summed E-state index contributed by atoms with van der Waals surface area (Å²) in [5, 5.41) is 13.7. The van der Waals surface area contributed by atoms with E-state index in [0.29, 0.717) is 19.3 Å². The SMILES string of the molecule is CO[C@H](C(N)=O)N(C1CCCCC1)C(C(=O)O)C(=O)C(Cc1ccccc1)C[C@H](O[Si](C)(C)C(C)(C)C)[C@H](Cc1ccccc1)NC(=O)OC(C)(C)C. The van der Waals surface area contributed by atoms with Crippen LogP contribution in [0.3, 0.4) is 0 Å². The Kier molecular flexibility index (Phi) is 15.8. The van der Waals surface area contributed by atoms with Gasteiger partial charge in [0.05, 0.1) is 12.1 Å². The third-order valence-corrected chi connectivity index (χ3v) is 15.0. The van der Waals surface area contributed by atoms with E-state index in [4.69, 9.17) is 19.6 Å². The topological polar surface area (TPSA) is 157 Å². The van der Waals surface area contributed by atoms with Gasteiger partial charge in [0.15, 0.2) is 26.4 Å². The molecule has 12 heteroatoms.